The van der Waals surface area contributed by atoms with Gasteiger partial charge in [-0.2, -0.15) is 0 Å². The number of amides is 2. The predicted molar refractivity (Wildman–Crippen MR) is 109 cm³/mol. The Balaban J connectivity index is 1.91. The molecule has 5 nitrogen and oxygen atoms in total. The van der Waals surface area contributed by atoms with Crippen molar-refractivity contribution >= 4 is 17.5 Å². The summed E-state index contributed by atoms with van der Waals surface area (Å²) in [6.45, 7) is 6.67. The number of carbonyl (C=O) groups excluding carboxylic acids is 2. The van der Waals surface area contributed by atoms with Crippen LogP contribution in [0.2, 0.25) is 0 Å². The van der Waals surface area contributed by atoms with Crippen molar-refractivity contribution in [3.05, 3.63) is 65.2 Å². The number of anilines is 1. The highest BCUT2D eigenvalue weighted by Gasteiger charge is 2.26. The first-order valence-corrected chi connectivity index (χ1v) is 9.27. The molecule has 2 rings (SSSR count). The summed E-state index contributed by atoms with van der Waals surface area (Å²) in [6.07, 6.45) is 0. The lowest BCUT2D eigenvalue weighted by Crippen LogP contribution is -3.15. The quantitative estimate of drug-likeness (QED) is 0.783. The van der Waals surface area contributed by atoms with Gasteiger partial charge in [0.1, 0.15) is 0 Å². The molecule has 0 fully saturated rings. The molecule has 27 heavy (non-hydrogen) atoms. The van der Waals surface area contributed by atoms with Gasteiger partial charge in [-0.1, -0.05) is 42.5 Å². The summed E-state index contributed by atoms with van der Waals surface area (Å²) < 4.78 is 0. The molecule has 1 unspecified atom stereocenters. The van der Waals surface area contributed by atoms with Crippen LogP contribution in [-0.2, 0) is 16.1 Å². The van der Waals surface area contributed by atoms with Crippen molar-refractivity contribution in [3.63, 3.8) is 0 Å². The van der Waals surface area contributed by atoms with Crippen LogP contribution in [0.4, 0.5) is 5.69 Å². The van der Waals surface area contributed by atoms with Gasteiger partial charge in [0.25, 0.3) is 11.8 Å². The van der Waals surface area contributed by atoms with Crippen LogP contribution in [-0.4, -0.2) is 43.4 Å². The summed E-state index contributed by atoms with van der Waals surface area (Å²) in [4.78, 5) is 27.7. The summed E-state index contributed by atoms with van der Waals surface area (Å²) in [6, 6.07) is 15.4. The lowest BCUT2D eigenvalue weighted by molar-refractivity contribution is -0.886. The number of likely N-dealkylation sites (N-methyl/N-ethyl adjacent to an activating group) is 2. The molecule has 2 N–H and O–H groups in total. The first-order valence-electron chi connectivity index (χ1n) is 9.27. The second-order valence-corrected chi connectivity index (χ2v) is 7.22. The van der Waals surface area contributed by atoms with Crippen molar-refractivity contribution < 1.29 is 14.5 Å². The highest BCUT2D eigenvalue weighted by Crippen LogP contribution is 2.17. The Morgan fingerprint density at radius 1 is 1.07 bits per heavy atom. The number of aryl methyl sites for hydroxylation is 1. The number of nitrogens with one attached hydrogen (secondary N) is 2. The Morgan fingerprint density at radius 2 is 1.74 bits per heavy atom. The second kappa shape index (κ2) is 9.33. The van der Waals surface area contributed by atoms with Crippen molar-refractivity contribution in [2.75, 3.05) is 26.0 Å². The minimum Gasteiger partial charge on any atom is -0.336 e. The molecule has 0 aliphatic heterocycles. The maximum atomic E-state index is 12.7. The van der Waals surface area contributed by atoms with Gasteiger partial charge in [0.2, 0.25) is 0 Å². The first-order chi connectivity index (χ1) is 12.8. The number of hydrogen-bond donors (Lipinski definition) is 2. The summed E-state index contributed by atoms with van der Waals surface area (Å²) in [5, 5.41) is 2.96. The van der Waals surface area contributed by atoms with Crippen LogP contribution in [0, 0.1) is 13.8 Å². The topological polar surface area (TPSA) is 53.9 Å². The molecule has 2 aromatic rings. The Labute approximate surface area is 162 Å². The van der Waals surface area contributed by atoms with Gasteiger partial charge in [0.15, 0.2) is 12.6 Å². The molecule has 0 bridgehead atoms. The SMILES string of the molecule is Cc1cccc(NC(=O)C[NH+](C)[C@@H](C)C(=O)N(C)Cc2ccccc2)c1C. The van der Waals surface area contributed by atoms with Gasteiger partial charge in [-0.3, -0.25) is 9.59 Å². The minimum atomic E-state index is -0.303. The number of nitrogens with zero attached hydrogens (tertiary/aromatic N) is 1. The van der Waals surface area contributed by atoms with Crippen molar-refractivity contribution in [1.82, 2.24) is 4.90 Å². The van der Waals surface area contributed by atoms with E-state index in [1.165, 1.54) is 0 Å². The lowest BCUT2D eigenvalue weighted by Gasteiger charge is -2.25. The van der Waals surface area contributed by atoms with Crippen molar-refractivity contribution in [3.8, 4) is 0 Å². The molecule has 0 spiro atoms. The normalized spacial score (nSPS) is 12.9. The molecule has 0 saturated heterocycles. The fraction of sp³-hybridized carbons (Fsp3) is 0.364. The third-order valence-electron chi connectivity index (χ3n) is 5.07. The largest absolute Gasteiger partial charge is 0.336 e. The average Bonchev–Trinajstić information content (AvgIpc) is 2.65. The van der Waals surface area contributed by atoms with Crippen LogP contribution < -0.4 is 10.2 Å². The van der Waals surface area contributed by atoms with E-state index < -0.39 is 0 Å². The van der Waals surface area contributed by atoms with E-state index >= 15 is 0 Å². The van der Waals surface area contributed by atoms with Crippen molar-refractivity contribution in [1.29, 1.82) is 0 Å². The zero-order valence-corrected chi connectivity index (χ0v) is 16.9. The van der Waals surface area contributed by atoms with Gasteiger partial charge in [-0.15, -0.1) is 0 Å². The maximum absolute atomic E-state index is 12.7. The van der Waals surface area contributed by atoms with Crippen LogP contribution in [0.3, 0.4) is 0 Å². The van der Waals surface area contributed by atoms with E-state index in [-0.39, 0.29) is 24.4 Å². The summed E-state index contributed by atoms with van der Waals surface area (Å²) in [7, 11) is 3.68. The van der Waals surface area contributed by atoms with Gasteiger partial charge >= 0.3 is 0 Å². The molecule has 2 aromatic carbocycles. The van der Waals surface area contributed by atoms with Gasteiger partial charge in [0.05, 0.1) is 7.05 Å². The van der Waals surface area contributed by atoms with E-state index in [0.29, 0.717) is 6.54 Å². The number of quaternary nitrogens is 1. The van der Waals surface area contributed by atoms with Crippen molar-refractivity contribution in [2.24, 2.45) is 0 Å². The smallest absolute Gasteiger partial charge is 0.280 e. The Bertz CT molecular complexity index is 789. The number of rotatable bonds is 7. The standard InChI is InChI=1S/C22H29N3O2/c1-16-10-9-13-20(17(16)2)23-21(26)15-24(4)18(3)22(27)25(5)14-19-11-7-6-8-12-19/h6-13,18H,14-15H2,1-5H3,(H,23,26)/p+1/t18-/m0/s1. The van der Waals surface area contributed by atoms with Gasteiger partial charge in [-0.05, 0) is 43.5 Å². The highest BCUT2D eigenvalue weighted by atomic mass is 16.2. The van der Waals surface area contributed by atoms with E-state index in [2.05, 4.69) is 5.32 Å². The third-order valence-corrected chi connectivity index (χ3v) is 5.07. The van der Waals surface area contributed by atoms with E-state index in [1.54, 1.807) is 11.9 Å². The highest BCUT2D eigenvalue weighted by molar-refractivity contribution is 5.92. The first kappa shape index (κ1) is 20.6. The van der Waals surface area contributed by atoms with E-state index in [1.807, 2.05) is 76.3 Å². The van der Waals surface area contributed by atoms with Crippen LogP contribution in [0.15, 0.2) is 48.5 Å². The van der Waals surface area contributed by atoms with Crippen molar-refractivity contribution in [2.45, 2.75) is 33.4 Å². The Kier molecular flexibility index (Phi) is 7.13. The molecule has 144 valence electrons. The summed E-state index contributed by atoms with van der Waals surface area (Å²) in [5.74, 6) is -0.0672. The average molecular weight is 369 g/mol. The molecular weight excluding hydrogens is 338 g/mol. The molecule has 0 heterocycles. The van der Waals surface area contributed by atoms with E-state index in [0.717, 1.165) is 27.3 Å². The number of carbonyl (C=O) groups is 2. The Hall–Kier alpha value is -2.66. The monoisotopic (exact) mass is 368 g/mol. The van der Waals surface area contributed by atoms with Crippen LogP contribution in [0.1, 0.15) is 23.6 Å². The number of benzene rings is 2. The molecular formula is C22H30N3O2+. The van der Waals surface area contributed by atoms with Crippen LogP contribution >= 0.6 is 0 Å². The molecule has 2 atom stereocenters. The third kappa shape index (κ3) is 5.66. The number of hydrogen-bond acceptors (Lipinski definition) is 2. The summed E-state index contributed by atoms with van der Waals surface area (Å²) in [5.41, 5.74) is 4.12. The van der Waals surface area contributed by atoms with E-state index in [9.17, 15) is 9.59 Å². The van der Waals surface area contributed by atoms with E-state index in [4.69, 9.17) is 0 Å². The molecule has 0 radical (unpaired) electrons. The molecule has 0 aliphatic rings. The van der Waals surface area contributed by atoms with Crippen LogP contribution in [0.5, 0.6) is 0 Å². The fourth-order valence-electron chi connectivity index (χ4n) is 2.96. The van der Waals surface area contributed by atoms with Crippen LogP contribution in [0.25, 0.3) is 0 Å². The Morgan fingerprint density at radius 3 is 2.41 bits per heavy atom. The summed E-state index contributed by atoms with van der Waals surface area (Å²) >= 11 is 0. The lowest BCUT2D eigenvalue weighted by atomic mass is 10.1. The molecule has 2 amide bonds. The van der Waals surface area contributed by atoms with Gasteiger partial charge in [0, 0.05) is 19.3 Å². The van der Waals surface area contributed by atoms with Gasteiger partial charge < -0.3 is 15.1 Å². The minimum absolute atomic E-state index is 0.0240. The maximum Gasteiger partial charge on any atom is 0.280 e. The van der Waals surface area contributed by atoms with Gasteiger partial charge in [-0.25, -0.2) is 0 Å². The zero-order chi connectivity index (χ0) is 20.0. The zero-order valence-electron chi connectivity index (χ0n) is 16.9. The fourth-order valence-corrected chi connectivity index (χ4v) is 2.96. The molecule has 0 aliphatic carbocycles. The molecule has 5 heteroatoms. The molecule has 0 aromatic heterocycles. The predicted octanol–water partition coefficient (Wildman–Crippen LogP) is 1.80. The second-order valence-electron chi connectivity index (χ2n) is 7.22. The molecule has 0 saturated carbocycles.